The number of carbonyl (C=O) groups excluding carboxylic acids is 1. The highest BCUT2D eigenvalue weighted by atomic mass is 35.5. The van der Waals surface area contributed by atoms with E-state index >= 15 is 0 Å². The van der Waals surface area contributed by atoms with Crippen LogP contribution in [0, 0.1) is 6.92 Å². The van der Waals surface area contributed by atoms with Gasteiger partial charge in [0.15, 0.2) is 0 Å². The van der Waals surface area contributed by atoms with Crippen LogP contribution in [0.2, 0.25) is 0 Å². The van der Waals surface area contributed by atoms with Gasteiger partial charge in [-0.3, -0.25) is 4.79 Å². The van der Waals surface area contributed by atoms with Crippen molar-refractivity contribution in [2.45, 2.75) is 37.1 Å². The SMILES string of the molecule is Cc1cc(CSc2ncccc2C(=O)NCC(C)(C)N)no1.Cl.Cl. The Bertz CT molecular complexity index is 659. The van der Waals surface area contributed by atoms with E-state index in [1.165, 1.54) is 11.8 Å². The number of aromatic nitrogens is 2. The molecule has 0 aromatic carbocycles. The Morgan fingerprint density at radius 2 is 2.12 bits per heavy atom. The van der Waals surface area contributed by atoms with E-state index < -0.39 is 5.54 Å². The molecule has 2 aromatic rings. The van der Waals surface area contributed by atoms with Gasteiger partial charge in [0.1, 0.15) is 10.8 Å². The number of halogens is 2. The number of aryl methyl sites for hydroxylation is 1. The van der Waals surface area contributed by atoms with Crippen molar-refractivity contribution in [3.05, 3.63) is 41.4 Å². The molecule has 1 amide bonds. The minimum atomic E-state index is -0.455. The molecule has 2 heterocycles. The van der Waals surface area contributed by atoms with Gasteiger partial charge in [0.25, 0.3) is 5.91 Å². The van der Waals surface area contributed by atoms with Gasteiger partial charge in [-0.2, -0.15) is 0 Å². The number of nitrogens with two attached hydrogens (primary N) is 1. The van der Waals surface area contributed by atoms with Crippen molar-refractivity contribution < 1.29 is 9.32 Å². The van der Waals surface area contributed by atoms with E-state index in [4.69, 9.17) is 10.3 Å². The van der Waals surface area contributed by atoms with E-state index in [1.54, 1.807) is 18.3 Å². The Kier molecular flexibility index (Phi) is 9.35. The number of hydrogen-bond donors (Lipinski definition) is 2. The van der Waals surface area contributed by atoms with Crippen LogP contribution in [0.5, 0.6) is 0 Å². The van der Waals surface area contributed by atoms with Crippen molar-refractivity contribution in [3.8, 4) is 0 Å². The van der Waals surface area contributed by atoms with Gasteiger partial charge in [-0.1, -0.05) is 16.9 Å². The summed E-state index contributed by atoms with van der Waals surface area (Å²) in [6.07, 6.45) is 1.67. The molecular weight excluding hydrogens is 371 g/mol. The van der Waals surface area contributed by atoms with Crippen LogP contribution >= 0.6 is 36.6 Å². The zero-order chi connectivity index (χ0) is 16.2. The summed E-state index contributed by atoms with van der Waals surface area (Å²) in [4.78, 5) is 16.6. The quantitative estimate of drug-likeness (QED) is 0.733. The summed E-state index contributed by atoms with van der Waals surface area (Å²) in [7, 11) is 0. The molecule has 0 aliphatic carbocycles. The molecular formula is C15H22Cl2N4O2S. The first kappa shape index (κ1) is 22.7. The maximum atomic E-state index is 12.3. The third kappa shape index (κ3) is 7.09. The molecule has 0 saturated heterocycles. The molecule has 0 radical (unpaired) electrons. The number of carbonyl (C=O) groups is 1. The van der Waals surface area contributed by atoms with E-state index in [9.17, 15) is 4.79 Å². The lowest BCUT2D eigenvalue weighted by molar-refractivity contribution is 0.0942. The lowest BCUT2D eigenvalue weighted by atomic mass is 10.1. The Labute approximate surface area is 158 Å². The van der Waals surface area contributed by atoms with Gasteiger partial charge in [-0.25, -0.2) is 4.98 Å². The summed E-state index contributed by atoms with van der Waals surface area (Å²) in [6, 6.07) is 5.36. The number of rotatable bonds is 6. The summed E-state index contributed by atoms with van der Waals surface area (Å²) in [5.41, 5.74) is 6.79. The van der Waals surface area contributed by atoms with Crippen LogP contribution in [0.1, 0.15) is 35.7 Å². The van der Waals surface area contributed by atoms with Gasteiger partial charge in [-0.05, 0) is 32.9 Å². The minimum Gasteiger partial charge on any atom is -0.361 e. The predicted molar refractivity (Wildman–Crippen MR) is 100 cm³/mol. The van der Waals surface area contributed by atoms with Crippen LogP contribution < -0.4 is 11.1 Å². The van der Waals surface area contributed by atoms with E-state index in [0.717, 1.165) is 11.5 Å². The Morgan fingerprint density at radius 3 is 2.71 bits per heavy atom. The number of pyridine rings is 1. The van der Waals surface area contributed by atoms with Crippen molar-refractivity contribution in [3.63, 3.8) is 0 Å². The van der Waals surface area contributed by atoms with Gasteiger partial charge in [0.2, 0.25) is 0 Å². The molecule has 134 valence electrons. The first-order valence-electron chi connectivity index (χ1n) is 6.92. The molecule has 2 aromatic heterocycles. The molecule has 9 heteroatoms. The van der Waals surface area contributed by atoms with Crippen LogP contribution in [0.15, 0.2) is 33.9 Å². The smallest absolute Gasteiger partial charge is 0.254 e. The fourth-order valence-electron chi connectivity index (χ4n) is 1.71. The molecule has 0 unspecified atom stereocenters. The van der Waals surface area contributed by atoms with E-state index in [-0.39, 0.29) is 30.7 Å². The summed E-state index contributed by atoms with van der Waals surface area (Å²) in [5.74, 6) is 1.18. The standard InChI is InChI=1S/C15H20N4O2S.2ClH/c1-10-7-11(19-21-10)8-22-14-12(5-4-6-17-14)13(20)18-9-15(2,3)16;;/h4-7H,8-9,16H2,1-3H3,(H,18,20);2*1H. The fourth-order valence-corrected chi connectivity index (χ4v) is 2.58. The maximum absolute atomic E-state index is 12.3. The van der Waals surface area contributed by atoms with Crippen LogP contribution in [-0.2, 0) is 5.75 Å². The Balaban J connectivity index is 0.00000264. The molecule has 0 bridgehead atoms. The van der Waals surface area contributed by atoms with Crippen molar-refractivity contribution in [1.82, 2.24) is 15.5 Å². The van der Waals surface area contributed by atoms with Crippen LogP contribution in [0.4, 0.5) is 0 Å². The number of thioether (sulfide) groups is 1. The molecule has 0 atom stereocenters. The molecule has 6 nitrogen and oxygen atoms in total. The average Bonchev–Trinajstić information content (AvgIpc) is 2.88. The van der Waals surface area contributed by atoms with Crippen molar-refractivity contribution in [2.24, 2.45) is 5.73 Å². The predicted octanol–water partition coefficient (Wildman–Crippen LogP) is 2.98. The Hall–Kier alpha value is -1.28. The van der Waals surface area contributed by atoms with Crippen molar-refractivity contribution >= 4 is 42.5 Å². The highest BCUT2D eigenvalue weighted by molar-refractivity contribution is 7.98. The second kappa shape index (κ2) is 9.88. The molecule has 0 fully saturated rings. The zero-order valence-electron chi connectivity index (χ0n) is 13.7. The third-order valence-corrected chi connectivity index (χ3v) is 3.79. The van der Waals surface area contributed by atoms with Crippen LogP contribution in [-0.4, -0.2) is 28.1 Å². The van der Waals surface area contributed by atoms with Gasteiger partial charge in [-0.15, -0.1) is 24.8 Å². The molecule has 0 saturated carbocycles. The second-order valence-corrected chi connectivity index (χ2v) is 6.71. The van der Waals surface area contributed by atoms with Gasteiger partial charge in [0.05, 0.1) is 11.3 Å². The minimum absolute atomic E-state index is 0. The lowest BCUT2D eigenvalue weighted by Gasteiger charge is -2.19. The van der Waals surface area contributed by atoms with E-state index in [0.29, 0.717) is 22.9 Å². The largest absolute Gasteiger partial charge is 0.361 e. The molecule has 24 heavy (non-hydrogen) atoms. The van der Waals surface area contributed by atoms with Crippen molar-refractivity contribution in [2.75, 3.05) is 6.54 Å². The molecule has 0 spiro atoms. The summed E-state index contributed by atoms with van der Waals surface area (Å²) in [6.45, 7) is 5.96. The summed E-state index contributed by atoms with van der Waals surface area (Å²) < 4.78 is 5.03. The number of hydrogen-bond acceptors (Lipinski definition) is 6. The monoisotopic (exact) mass is 392 g/mol. The highest BCUT2D eigenvalue weighted by Crippen LogP contribution is 2.24. The Morgan fingerprint density at radius 1 is 1.42 bits per heavy atom. The van der Waals surface area contributed by atoms with Gasteiger partial charge in [0, 0.05) is 30.1 Å². The number of amides is 1. The van der Waals surface area contributed by atoms with Crippen LogP contribution in [0.25, 0.3) is 0 Å². The van der Waals surface area contributed by atoms with Crippen LogP contribution in [0.3, 0.4) is 0 Å². The normalized spacial score (nSPS) is 10.5. The van der Waals surface area contributed by atoms with E-state index in [2.05, 4.69) is 15.5 Å². The van der Waals surface area contributed by atoms with E-state index in [1.807, 2.05) is 26.8 Å². The fraction of sp³-hybridized carbons (Fsp3) is 0.400. The molecule has 3 N–H and O–H groups in total. The third-order valence-electron chi connectivity index (χ3n) is 2.75. The summed E-state index contributed by atoms with van der Waals surface area (Å²) in [5, 5.41) is 7.43. The zero-order valence-corrected chi connectivity index (χ0v) is 16.2. The first-order chi connectivity index (χ1) is 10.3. The molecule has 0 aliphatic rings. The average molecular weight is 393 g/mol. The lowest BCUT2D eigenvalue weighted by Crippen LogP contribution is -2.45. The second-order valence-electron chi connectivity index (χ2n) is 5.74. The number of nitrogens with one attached hydrogen (secondary N) is 1. The number of nitrogens with zero attached hydrogens (tertiary/aromatic N) is 2. The van der Waals surface area contributed by atoms with Gasteiger partial charge >= 0.3 is 0 Å². The topological polar surface area (TPSA) is 94.0 Å². The first-order valence-corrected chi connectivity index (χ1v) is 7.91. The molecule has 0 aliphatic heterocycles. The molecule has 2 rings (SSSR count). The maximum Gasteiger partial charge on any atom is 0.254 e. The highest BCUT2D eigenvalue weighted by Gasteiger charge is 2.17. The summed E-state index contributed by atoms with van der Waals surface area (Å²) >= 11 is 1.45. The van der Waals surface area contributed by atoms with Gasteiger partial charge < -0.3 is 15.6 Å². The van der Waals surface area contributed by atoms with Crippen molar-refractivity contribution in [1.29, 1.82) is 0 Å².